The van der Waals surface area contributed by atoms with Gasteiger partial charge >= 0.3 is 0 Å². The fraction of sp³-hybridized carbons (Fsp3) is 0.353. The number of nitro groups is 1. The lowest BCUT2D eigenvalue weighted by atomic mass is 10.1. The van der Waals surface area contributed by atoms with E-state index in [-0.39, 0.29) is 11.8 Å². The smallest absolute Gasteiger partial charge is 0.271 e. The minimum atomic E-state index is -0.456. The van der Waals surface area contributed by atoms with Crippen molar-refractivity contribution in [1.82, 2.24) is 4.98 Å². The van der Waals surface area contributed by atoms with Crippen LogP contribution >= 0.6 is 11.6 Å². The van der Waals surface area contributed by atoms with Crippen LogP contribution in [0.4, 0.5) is 11.4 Å². The molecular weight excluding hydrogens is 346 g/mol. The highest BCUT2D eigenvalue weighted by molar-refractivity contribution is 6.33. The maximum absolute atomic E-state index is 10.9. The topological polar surface area (TPSA) is 86.5 Å². The molecule has 1 aromatic carbocycles. The Balaban J connectivity index is 1.68. The summed E-state index contributed by atoms with van der Waals surface area (Å²) in [6.45, 7) is 3.58. The fourth-order valence-corrected chi connectivity index (χ4v) is 2.97. The zero-order valence-electron chi connectivity index (χ0n) is 13.7. The molecule has 1 atom stereocenters. The van der Waals surface area contributed by atoms with Crippen molar-refractivity contribution in [2.75, 3.05) is 18.5 Å². The summed E-state index contributed by atoms with van der Waals surface area (Å²) >= 11 is 6.17. The van der Waals surface area contributed by atoms with E-state index in [0.717, 1.165) is 12.0 Å². The number of nitro benzene ring substituents is 1. The first-order valence-corrected chi connectivity index (χ1v) is 8.28. The lowest BCUT2D eigenvalue weighted by Crippen LogP contribution is -2.16. The molecule has 3 rings (SSSR count). The molecule has 25 heavy (non-hydrogen) atoms. The first-order chi connectivity index (χ1) is 12.0. The van der Waals surface area contributed by atoms with E-state index in [1.807, 2.05) is 12.1 Å². The Labute approximate surface area is 150 Å². The van der Waals surface area contributed by atoms with Crippen molar-refractivity contribution in [3.05, 3.63) is 56.7 Å². The number of nitrogens with zero attached hydrogens (tertiary/aromatic N) is 2. The normalized spacial score (nSPS) is 16.6. The molecule has 1 aliphatic rings. The number of rotatable bonds is 6. The molecule has 0 spiro atoms. The molecule has 1 saturated heterocycles. The summed E-state index contributed by atoms with van der Waals surface area (Å²) in [5.74, 6) is 0.557. The second-order valence-corrected chi connectivity index (χ2v) is 6.24. The molecule has 0 radical (unpaired) electrons. The molecule has 1 aromatic heterocycles. The van der Waals surface area contributed by atoms with Crippen LogP contribution in [0, 0.1) is 17.0 Å². The van der Waals surface area contributed by atoms with Gasteiger partial charge in [0.2, 0.25) is 5.88 Å². The summed E-state index contributed by atoms with van der Waals surface area (Å²) in [5.41, 5.74) is 2.34. The lowest BCUT2D eigenvalue weighted by Gasteiger charge is -2.14. The third-order valence-electron chi connectivity index (χ3n) is 3.93. The molecule has 0 amide bonds. The largest absolute Gasteiger partial charge is 0.472 e. The number of pyridine rings is 1. The van der Waals surface area contributed by atoms with Crippen molar-refractivity contribution in [3.63, 3.8) is 0 Å². The summed E-state index contributed by atoms with van der Waals surface area (Å²) in [7, 11) is 0. The van der Waals surface area contributed by atoms with Crippen LogP contribution in [0.3, 0.4) is 0 Å². The van der Waals surface area contributed by atoms with Gasteiger partial charge in [-0.1, -0.05) is 11.6 Å². The summed E-state index contributed by atoms with van der Waals surface area (Å²) in [5, 5.41) is 14.4. The molecular formula is C17H18ClN3O4. The molecule has 0 saturated carbocycles. The van der Waals surface area contributed by atoms with Crippen LogP contribution in [0.1, 0.15) is 17.5 Å². The summed E-state index contributed by atoms with van der Waals surface area (Å²) < 4.78 is 11.1. The third kappa shape index (κ3) is 4.37. The summed E-state index contributed by atoms with van der Waals surface area (Å²) in [4.78, 5) is 14.6. The number of benzene rings is 1. The maximum atomic E-state index is 10.9. The zero-order valence-corrected chi connectivity index (χ0v) is 14.5. The van der Waals surface area contributed by atoms with Crippen LogP contribution in [0.25, 0.3) is 0 Å². The van der Waals surface area contributed by atoms with Gasteiger partial charge in [0.05, 0.1) is 28.8 Å². The highest BCUT2D eigenvalue weighted by atomic mass is 35.5. The maximum Gasteiger partial charge on any atom is 0.271 e. The first kappa shape index (κ1) is 17.4. The number of hydrogen-bond acceptors (Lipinski definition) is 6. The molecule has 0 bridgehead atoms. The Morgan fingerprint density at radius 2 is 2.32 bits per heavy atom. The van der Waals surface area contributed by atoms with Gasteiger partial charge in [0, 0.05) is 37.4 Å². The summed E-state index contributed by atoms with van der Waals surface area (Å²) in [6, 6.07) is 6.58. The molecule has 1 fully saturated rings. The van der Waals surface area contributed by atoms with Crippen molar-refractivity contribution in [2.45, 2.75) is 26.0 Å². The molecule has 0 aliphatic carbocycles. The quantitative estimate of drug-likeness (QED) is 0.621. The Hall–Kier alpha value is -2.38. The number of non-ortho nitro benzene ring substituents is 1. The van der Waals surface area contributed by atoms with E-state index in [1.54, 1.807) is 13.1 Å². The van der Waals surface area contributed by atoms with Gasteiger partial charge in [0.1, 0.15) is 6.10 Å². The summed E-state index contributed by atoms with van der Waals surface area (Å²) in [6.07, 6.45) is 2.59. The van der Waals surface area contributed by atoms with Gasteiger partial charge < -0.3 is 14.8 Å². The fourth-order valence-electron chi connectivity index (χ4n) is 2.65. The van der Waals surface area contributed by atoms with Gasteiger partial charge in [-0.2, -0.15) is 0 Å². The minimum absolute atomic E-state index is 0.0218. The number of aromatic nitrogens is 1. The van der Waals surface area contributed by atoms with Gasteiger partial charge in [-0.05, 0) is 24.1 Å². The first-order valence-electron chi connectivity index (χ1n) is 7.90. The number of halogens is 1. The van der Waals surface area contributed by atoms with Crippen molar-refractivity contribution in [1.29, 1.82) is 0 Å². The average molecular weight is 364 g/mol. The number of hydrogen-bond donors (Lipinski definition) is 1. The van der Waals surface area contributed by atoms with E-state index >= 15 is 0 Å². The van der Waals surface area contributed by atoms with Crippen LogP contribution < -0.4 is 10.1 Å². The number of ether oxygens (including phenoxy) is 2. The molecule has 1 aliphatic heterocycles. The van der Waals surface area contributed by atoms with Gasteiger partial charge in [-0.3, -0.25) is 10.1 Å². The number of anilines is 1. The minimum Gasteiger partial charge on any atom is -0.472 e. The van der Waals surface area contributed by atoms with Crippen molar-refractivity contribution < 1.29 is 14.4 Å². The number of nitrogens with one attached hydrogen (secondary N) is 1. The Kier molecular flexibility index (Phi) is 5.35. The molecule has 2 aromatic rings. The van der Waals surface area contributed by atoms with Gasteiger partial charge in [-0.25, -0.2) is 4.98 Å². The highest BCUT2D eigenvalue weighted by Gasteiger charge is 2.18. The van der Waals surface area contributed by atoms with Crippen LogP contribution in [-0.4, -0.2) is 29.2 Å². The van der Waals surface area contributed by atoms with E-state index in [4.69, 9.17) is 21.1 Å². The predicted octanol–water partition coefficient (Wildman–Crippen LogP) is 3.73. The van der Waals surface area contributed by atoms with E-state index in [2.05, 4.69) is 10.3 Å². The van der Waals surface area contributed by atoms with Crippen molar-refractivity contribution in [2.24, 2.45) is 0 Å². The SMILES string of the molecule is Cc1cc([N+](=O)[O-])cc(Cl)c1NCc1ccnc(OC2CCOC2)c1. The van der Waals surface area contributed by atoms with Gasteiger partial charge in [-0.15, -0.1) is 0 Å². The standard InChI is InChI=1S/C17H18ClN3O4/c1-11-6-13(21(22)23)8-15(18)17(11)20-9-12-2-4-19-16(7-12)25-14-3-5-24-10-14/h2,4,6-8,14,20H,3,5,9-10H2,1H3. The number of aryl methyl sites for hydroxylation is 1. The Bertz CT molecular complexity index is 755. The van der Waals surface area contributed by atoms with Gasteiger partial charge in [0.25, 0.3) is 5.69 Å². The zero-order chi connectivity index (χ0) is 17.8. The van der Waals surface area contributed by atoms with Crippen molar-refractivity contribution >= 4 is 23.0 Å². The predicted molar refractivity (Wildman–Crippen MR) is 94.3 cm³/mol. The molecule has 1 N–H and O–H groups in total. The highest BCUT2D eigenvalue weighted by Crippen LogP contribution is 2.31. The molecule has 1 unspecified atom stereocenters. The van der Waals surface area contributed by atoms with E-state index < -0.39 is 4.92 Å². The third-order valence-corrected chi connectivity index (χ3v) is 4.22. The van der Waals surface area contributed by atoms with Gasteiger partial charge in [0.15, 0.2) is 0 Å². The van der Waals surface area contributed by atoms with E-state index in [9.17, 15) is 10.1 Å². The van der Waals surface area contributed by atoms with Crippen LogP contribution in [0.15, 0.2) is 30.5 Å². The van der Waals surface area contributed by atoms with E-state index in [0.29, 0.717) is 41.9 Å². The monoisotopic (exact) mass is 363 g/mol. The van der Waals surface area contributed by atoms with Crippen molar-refractivity contribution in [3.8, 4) is 5.88 Å². The Morgan fingerprint density at radius 3 is 3.00 bits per heavy atom. The average Bonchev–Trinajstić information content (AvgIpc) is 3.07. The Morgan fingerprint density at radius 1 is 1.48 bits per heavy atom. The van der Waals surface area contributed by atoms with Crippen LogP contribution in [0.2, 0.25) is 5.02 Å². The second kappa shape index (κ2) is 7.67. The molecule has 132 valence electrons. The van der Waals surface area contributed by atoms with E-state index in [1.165, 1.54) is 12.1 Å². The van der Waals surface area contributed by atoms with Crippen LogP contribution in [0.5, 0.6) is 5.88 Å². The molecule has 7 nitrogen and oxygen atoms in total. The second-order valence-electron chi connectivity index (χ2n) is 5.84. The molecule has 2 heterocycles. The lowest BCUT2D eigenvalue weighted by molar-refractivity contribution is -0.384. The van der Waals surface area contributed by atoms with Crippen LogP contribution in [-0.2, 0) is 11.3 Å². The molecule has 8 heteroatoms.